The van der Waals surface area contributed by atoms with Gasteiger partial charge in [0, 0.05) is 38.7 Å². The number of ether oxygens (including phenoxy) is 1. The quantitative estimate of drug-likeness (QED) is 0.351. The van der Waals surface area contributed by atoms with Crippen LogP contribution in [0.4, 0.5) is 0 Å². The molecule has 0 heterocycles. The van der Waals surface area contributed by atoms with Crippen LogP contribution < -0.4 is 10.6 Å². The van der Waals surface area contributed by atoms with Crippen molar-refractivity contribution in [1.82, 2.24) is 10.6 Å². The molecule has 2 N–H and O–H groups in total. The lowest BCUT2D eigenvalue weighted by atomic mass is 10.1. The minimum absolute atomic E-state index is 0.762. The van der Waals surface area contributed by atoms with Crippen LogP contribution in [0.5, 0.6) is 0 Å². The lowest BCUT2D eigenvalue weighted by Crippen LogP contribution is -2.37. The molecule has 0 atom stereocenters. The number of aryl methyl sites for hydroxylation is 1. The van der Waals surface area contributed by atoms with Gasteiger partial charge in [0.2, 0.25) is 0 Å². The number of hydrogen-bond donors (Lipinski definition) is 2. The van der Waals surface area contributed by atoms with E-state index in [1.165, 1.54) is 16.0 Å². The molecule has 1 rings (SSSR count). The van der Waals surface area contributed by atoms with E-state index in [0.717, 1.165) is 32.1 Å². The smallest absolute Gasteiger partial charge is 0.191 e. The predicted molar refractivity (Wildman–Crippen MR) is 87.7 cm³/mol. The van der Waals surface area contributed by atoms with Crippen molar-refractivity contribution in [1.29, 1.82) is 0 Å². The van der Waals surface area contributed by atoms with Crippen molar-refractivity contribution < 1.29 is 4.74 Å². The molecule has 112 valence electrons. The van der Waals surface area contributed by atoms with E-state index in [4.69, 9.17) is 4.74 Å². The Morgan fingerprint density at radius 2 is 2.15 bits per heavy atom. The van der Waals surface area contributed by atoms with Gasteiger partial charge < -0.3 is 15.4 Å². The van der Waals surface area contributed by atoms with Crippen molar-refractivity contribution >= 4 is 17.7 Å². The Morgan fingerprint density at radius 1 is 1.35 bits per heavy atom. The zero-order valence-electron chi connectivity index (χ0n) is 12.8. The topological polar surface area (TPSA) is 45.7 Å². The van der Waals surface area contributed by atoms with Crippen LogP contribution in [0, 0.1) is 6.92 Å². The molecule has 0 amide bonds. The summed E-state index contributed by atoms with van der Waals surface area (Å²) >= 11 is 1.78. The molecule has 0 saturated heterocycles. The summed E-state index contributed by atoms with van der Waals surface area (Å²) in [6.07, 6.45) is 3.08. The first kappa shape index (κ1) is 16.9. The summed E-state index contributed by atoms with van der Waals surface area (Å²) in [6.45, 7) is 4.52. The molecule has 0 aliphatic heterocycles. The van der Waals surface area contributed by atoms with Crippen LogP contribution in [0.2, 0.25) is 0 Å². The van der Waals surface area contributed by atoms with Gasteiger partial charge in [0.1, 0.15) is 0 Å². The van der Waals surface area contributed by atoms with Crippen molar-refractivity contribution in [2.75, 3.05) is 33.6 Å². The second kappa shape index (κ2) is 9.66. The van der Waals surface area contributed by atoms with Gasteiger partial charge in [-0.05, 0) is 36.8 Å². The third-order valence-corrected chi connectivity index (χ3v) is 3.75. The summed E-state index contributed by atoms with van der Waals surface area (Å²) in [5.41, 5.74) is 2.59. The first-order chi connectivity index (χ1) is 9.71. The molecule has 0 aliphatic rings. The zero-order valence-corrected chi connectivity index (χ0v) is 13.6. The molecule has 0 aromatic heterocycles. The van der Waals surface area contributed by atoms with Crippen LogP contribution in [0.15, 0.2) is 28.1 Å². The van der Waals surface area contributed by atoms with Gasteiger partial charge in [-0.3, -0.25) is 4.99 Å². The van der Waals surface area contributed by atoms with E-state index >= 15 is 0 Å². The number of guanidine groups is 1. The summed E-state index contributed by atoms with van der Waals surface area (Å²) in [7, 11) is 3.50. The highest BCUT2D eigenvalue weighted by Gasteiger charge is 2.03. The Labute approximate surface area is 126 Å². The van der Waals surface area contributed by atoms with Gasteiger partial charge >= 0.3 is 0 Å². The maximum Gasteiger partial charge on any atom is 0.191 e. The SMILES string of the molecule is CN=C(NCCCOC)NCc1ccc(C)cc1SC. The largest absolute Gasteiger partial charge is 0.385 e. The van der Waals surface area contributed by atoms with E-state index in [0.29, 0.717) is 0 Å². The number of methoxy groups -OCH3 is 1. The number of hydrogen-bond acceptors (Lipinski definition) is 3. The number of thioether (sulfide) groups is 1. The maximum atomic E-state index is 5.03. The number of nitrogens with one attached hydrogen (secondary N) is 2. The molecule has 1 aromatic rings. The highest BCUT2D eigenvalue weighted by atomic mass is 32.2. The molecule has 4 nitrogen and oxygen atoms in total. The lowest BCUT2D eigenvalue weighted by Gasteiger charge is -2.14. The fraction of sp³-hybridized carbons (Fsp3) is 0.533. The van der Waals surface area contributed by atoms with Crippen molar-refractivity contribution in [2.45, 2.75) is 24.8 Å². The third-order valence-electron chi connectivity index (χ3n) is 2.93. The molecule has 0 fully saturated rings. The normalized spacial score (nSPS) is 11.5. The summed E-state index contributed by atoms with van der Waals surface area (Å²) < 4.78 is 5.03. The number of nitrogens with zero attached hydrogens (tertiary/aromatic N) is 1. The van der Waals surface area contributed by atoms with Gasteiger partial charge in [0.15, 0.2) is 5.96 Å². The molecule has 20 heavy (non-hydrogen) atoms. The van der Waals surface area contributed by atoms with Gasteiger partial charge in [-0.15, -0.1) is 11.8 Å². The monoisotopic (exact) mass is 295 g/mol. The van der Waals surface area contributed by atoms with Crippen LogP contribution in [0.3, 0.4) is 0 Å². The molecule has 5 heteroatoms. The molecule has 0 aliphatic carbocycles. The fourth-order valence-corrected chi connectivity index (χ4v) is 2.53. The van der Waals surface area contributed by atoms with Crippen molar-refractivity contribution in [2.24, 2.45) is 4.99 Å². The molecule has 0 saturated carbocycles. The number of benzene rings is 1. The predicted octanol–water partition coefficient (Wildman–Crippen LogP) is 2.42. The Hall–Kier alpha value is -1.20. The summed E-state index contributed by atoms with van der Waals surface area (Å²) in [5, 5.41) is 6.62. The van der Waals surface area contributed by atoms with E-state index in [-0.39, 0.29) is 0 Å². The van der Waals surface area contributed by atoms with Crippen molar-refractivity contribution in [3.63, 3.8) is 0 Å². The standard InChI is InChI=1S/C15H25N3OS/c1-12-6-7-13(14(10-12)20-4)11-18-15(16-2)17-8-5-9-19-3/h6-7,10H,5,8-9,11H2,1-4H3,(H2,16,17,18). The van der Waals surface area contributed by atoms with Gasteiger partial charge in [0.25, 0.3) is 0 Å². The van der Waals surface area contributed by atoms with E-state index in [1.807, 2.05) is 0 Å². The first-order valence-corrected chi connectivity index (χ1v) is 8.00. The molecule has 0 unspecified atom stereocenters. The van der Waals surface area contributed by atoms with Crippen LogP contribution >= 0.6 is 11.8 Å². The van der Waals surface area contributed by atoms with Gasteiger partial charge in [-0.2, -0.15) is 0 Å². The Kier molecular flexibility index (Phi) is 8.14. The van der Waals surface area contributed by atoms with E-state index in [2.05, 4.69) is 47.0 Å². The minimum Gasteiger partial charge on any atom is -0.385 e. The van der Waals surface area contributed by atoms with Crippen molar-refractivity contribution in [3.05, 3.63) is 29.3 Å². The van der Waals surface area contributed by atoms with E-state index < -0.39 is 0 Å². The number of rotatable bonds is 7. The average molecular weight is 295 g/mol. The first-order valence-electron chi connectivity index (χ1n) is 6.78. The average Bonchev–Trinajstić information content (AvgIpc) is 2.47. The third kappa shape index (κ3) is 5.84. The molecule has 0 spiro atoms. The highest BCUT2D eigenvalue weighted by Crippen LogP contribution is 2.21. The van der Waals surface area contributed by atoms with Gasteiger partial charge in [-0.1, -0.05) is 12.1 Å². The molecular weight excluding hydrogens is 270 g/mol. The van der Waals surface area contributed by atoms with Crippen molar-refractivity contribution in [3.8, 4) is 0 Å². The second-order valence-corrected chi connectivity index (χ2v) is 5.36. The Morgan fingerprint density at radius 3 is 2.80 bits per heavy atom. The Balaban J connectivity index is 2.48. The molecule has 1 aromatic carbocycles. The zero-order chi connectivity index (χ0) is 14.8. The molecular formula is C15H25N3OS. The summed E-state index contributed by atoms with van der Waals surface area (Å²) in [4.78, 5) is 5.53. The van der Waals surface area contributed by atoms with Gasteiger partial charge in [-0.25, -0.2) is 0 Å². The van der Waals surface area contributed by atoms with E-state index in [9.17, 15) is 0 Å². The molecule has 0 bridgehead atoms. The van der Waals surface area contributed by atoms with Crippen LogP contribution in [-0.2, 0) is 11.3 Å². The van der Waals surface area contributed by atoms with Gasteiger partial charge in [0.05, 0.1) is 0 Å². The van der Waals surface area contributed by atoms with Crippen LogP contribution in [0.25, 0.3) is 0 Å². The lowest BCUT2D eigenvalue weighted by molar-refractivity contribution is 0.195. The molecule has 0 radical (unpaired) electrons. The minimum atomic E-state index is 0.762. The second-order valence-electron chi connectivity index (χ2n) is 4.51. The van der Waals surface area contributed by atoms with Crippen LogP contribution in [0.1, 0.15) is 17.5 Å². The fourth-order valence-electron chi connectivity index (χ4n) is 1.82. The highest BCUT2D eigenvalue weighted by molar-refractivity contribution is 7.98. The van der Waals surface area contributed by atoms with E-state index in [1.54, 1.807) is 25.9 Å². The number of aliphatic imine (C=N–C) groups is 1. The summed E-state index contributed by atoms with van der Waals surface area (Å²) in [5.74, 6) is 0.828. The summed E-state index contributed by atoms with van der Waals surface area (Å²) in [6, 6.07) is 6.54. The maximum absolute atomic E-state index is 5.03. The Bertz CT molecular complexity index is 435. The van der Waals surface area contributed by atoms with Crippen LogP contribution in [-0.4, -0.2) is 39.5 Å².